The van der Waals surface area contributed by atoms with Gasteiger partial charge in [-0.05, 0) is 146 Å². The first-order valence-corrected chi connectivity index (χ1v) is 23.8. The largest absolute Gasteiger partial charge is 2.00 e. The van der Waals surface area contributed by atoms with Gasteiger partial charge in [0, 0.05) is 48.7 Å². The van der Waals surface area contributed by atoms with Gasteiger partial charge in [-0.15, -0.1) is 0 Å². The van der Waals surface area contributed by atoms with Gasteiger partial charge in [-0.2, -0.15) is 52.7 Å². The number of aryl methyl sites for hydroxylation is 2. The molecule has 6 aromatic carbocycles. The van der Waals surface area contributed by atoms with Crippen molar-refractivity contribution >= 4 is 48.7 Å². The van der Waals surface area contributed by atoms with E-state index < -0.39 is 70.8 Å². The summed E-state index contributed by atoms with van der Waals surface area (Å²) in [7, 11) is 0. The third kappa shape index (κ3) is 39.3. The number of halogens is 12. The number of aliphatic carboxylic acids is 4. The van der Waals surface area contributed by atoms with Gasteiger partial charge in [-0.1, -0.05) is 84.3 Å². The van der Waals surface area contributed by atoms with Crippen LogP contribution in [0.15, 0.2) is 141 Å². The zero-order valence-corrected chi connectivity index (χ0v) is 50.5. The molecule has 0 heterocycles. The van der Waals surface area contributed by atoms with Crippen LogP contribution in [0.5, 0.6) is 11.5 Å². The van der Waals surface area contributed by atoms with E-state index in [1.54, 1.807) is 38.1 Å². The predicted octanol–water partition coefficient (Wildman–Crippen LogP) is 7.58. The molecule has 0 spiro atoms. The maximum atomic E-state index is 12.7. The maximum absolute atomic E-state index is 12.7. The number of carbonyl (C=O) groups is 4. The molecule has 0 aliphatic heterocycles. The van der Waals surface area contributed by atoms with Crippen molar-refractivity contribution in [1.29, 1.82) is 0 Å². The number of carboxylic acids is 4. The van der Waals surface area contributed by atoms with Crippen LogP contribution in [0.25, 0.3) is 0 Å². The van der Waals surface area contributed by atoms with E-state index in [-0.39, 0.29) is 111 Å². The zero-order valence-electron chi connectivity index (χ0n) is 46.7. The van der Waals surface area contributed by atoms with Gasteiger partial charge in [0.2, 0.25) is 0 Å². The number of hydrogen-bond donors (Lipinski definition) is 0. The van der Waals surface area contributed by atoms with Crippen LogP contribution in [-0.2, 0) is 144 Å². The Morgan fingerprint density at radius 1 is 0.348 bits per heavy atom. The summed E-state index contributed by atoms with van der Waals surface area (Å²) < 4.78 is 152. The predicted molar refractivity (Wildman–Crippen MR) is 276 cm³/mol. The molecule has 0 bridgehead atoms. The molecule has 0 aliphatic rings. The monoisotopic (exact) mass is 1460 g/mol. The zero-order chi connectivity index (χ0) is 64.2. The van der Waals surface area contributed by atoms with Crippen LogP contribution in [-0.4, -0.2) is 48.7 Å². The molecular weight excluding hydrogens is 1410 g/mol. The average Bonchev–Trinajstić information content (AvgIpc) is 3.50. The molecule has 0 fully saturated rings. The number of alkyl halides is 12. The van der Waals surface area contributed by atoms with E-state index >= 15 is 0 Å². The molecule has 31 heteroatoms. The summed E-state index contributed by atoms with van der Waals surface area (Å²) in [4.78, 5) is 52.2. The summed E-state index contributed by atoms with van der Waals surface area (Å²) in [5.74, 6) is -5.00. The maximum Gasteiger partial charge on any atom is 2.00 e. The molecule has 0 aromatic heterocycles. The van der Waals surface area contributed by atoms with E-state index in [0.717, 1.165) is 87.4 Å². The van der Waals surface area contributed by atoms with Gasteiger partial charge < -0.3 is 55.3 Å². The molecule has 6 aromatic rings. The first-order chi connectivity index (χ1) is 38.8. The van der Waals surface area contributed by atoms with Crippen LogP contribution in [0.4, 0.5) is 52.7 Å². The third-order valence-electron chi connectivity index (χ3n) is 9.72. The Kier molecular flexibility index (Phi) is 44.1. The van der Waals surface area contributed by atoms with E-state index in [1.807, 2.05) is 0 Å². The third-order valence-corrected chi connectivity index (χ3v) is 9.72. The van der Waals surface area contributed by atoms with E-state index in [2.05, 4.69) is 20.0 Å². The number of benzene rings is 6. The molecule has 0 N–H and O–H groups in total. The van der Waals surface area contributed by atoms with Crippen molar-refractivity contribution in [3.05, 3.63) is 199 Å². The van der Waals surface area contributed by atoms with Gasteiger partial charge in [0.15, 0.2) is 0 Å². The molecule has 0 saturated heterocycles. The average molecular weight is 1460 g/mol. The second-order valence-electron chi connectivity index (χ2n) is 17.2. The van der Waals surface area contributed by atoms with E-state index in [9.17, 15) is 62.9 Å². The van der Waals surface area contributed by atoms with Gasteiger partial charge in [0.25, 0.3) is 0 Å². The second kappa shape index (κ2) is 43.4. The van der Waals surface area contributed by atoms with Gasteiger partial charge >= 0.3 is 93.0 Å². The number of carbonyl (C=O) groups excluding carboxylic acids is 4. The molecule has 6 rings (SSSR count). The van der Waals surface area contributed by atoms with Crippen molar-refractivity contribution < 1.29 is 176 Å². The van der Waals surface area contributed by atoms with E-state index in [1.165, 1.54) is 73.4 Å². The number of nitrogens with zero attached hydrogens (tertiary/aromatic N) is 4. The first-order valence-electron chi connectivity index (χ1n) is 23.8. The Bertz CT molecular complexity index is 2780. The summed E-state index contributed by atoms with van der Waals surface area (Å²) in [6, 6.07) is 24.9. The smallest absolute Gasteiger partial charge is 2.00 e. The quantitative estimate of drug-likeness (QED) is 0.0657. The van der Waals surface area contributed by atoms with Crippen LogP contribution in [0.3, 0.4) is 0 Å². The van der Waals surface area contributed by atoms with Crippen molar-refractivity contribution in [2.75, 3.05) is 0 Å². The molecule has 0 atom stereocenters. The summed E-state index contributed by atoms with van der Waals surface area (Å²) >= 11 is 0. The molecule has 0 saturated carbocycles. The van der Waals surface area contributed by atoms with Crippen molar-refractivity contribution in [2.45, 2.75) is 92.4 Å². The Balaban J connectivity index is -0.000000406. The fraction of sp³-hybridized carbons (Fsp3) is 0.241. The molecule has 0 amide bonds. The minimum atomic E-state index is -4.41. The summed E-state index contributed by atoms with van der Waals surface area (Å²) in [5.41, 5.74) is 1.95. The fourth-order valence-electron chi connectivity index (χ4n) is 6.24. The summed E-state index contributed by atoms with van der Waals surface area (Å²) in [6.07, 6.45) is -12.2. The first kappa shape index (κ1) is 90.4. The molecule has 15 nitrogen and oxygen atoms in total. The van der Waals surface area contributed by atoms with Crippen LogP contribution in [0.1, 0.15) is 106 Å². The van der Waals surface area contributed by atoms with E-state index in [0.29, 0.717) is 44.5 Å². The molecule has 496 valence electrons. The number of carboxylic acid groups (broad SMARTS) is 4. The molecule has 89 heavy (non-hydrogen) atoms. The van der Waals surface area contributed by atoms with Crippen molar-refractivity contribution in [3.8, 4) is 11.5 Å². The minimum absolute atomic E-state index is 0. The Labute approximate surface area is 545 Å². The topological polar surface area (TPSA) is 285 Å². The Morgan fingerprint density at radius 2 is 0.483 bits per heavy atom. The van der Waals surface area contributed by atoms with Crippen LogP contribution in [0.2, 0.25) is 0 Å². The standard InChI is InChI=1S/2C25H20F6N2O.4C2H4O2.4Cu.O/c2*1-16-10-19(14-32-12-17-2-6-21(7-3-17)24(26,27)28)23(34)20(11-16)15-33-13-18-4-8-22(9-5-18)25(29,30)31;4*1-2(3)4;;;;;/h2*2-11,14-15,34H,12-13H2,1H3;4*1H3,(H,3,4);;;;;/q;;;;;;4*+2;-2/p-6. The molecule has 0 aliphatic carbocycles. The van der Waals surface area contributed by atoms with Gasteiger partial charge in [-0.25, -0.2) is 0 Å². The second-order valence-corrected chi connectivity index (χ2v) is 17.2. The fourth-order valence-corrected chi connectivity index (χ4v) is 6.24. The van der Waals surface area contributed by atoms with Gasteiger partial charge in [0.05, 0.1) is 48.4 Å². The van der Waals surface area contributed by atoms with Crippen molar-refractivity contribution in [2.24, 2.45) is 20.0 Å². The number of rotatable bonds is 12. The van der Waals surface area contributed by atoms with Crippen molar-refractivity contribution in [3.63, 3.8) is 0 Å². The summed E-state index contributed by atoms with van der Waals surface area (Å²) in [6.45, 7) is 7.84. The van der Waals surface area contributed by atoms with Crippen LogP contribution in [0, 0.1) is 13.8 Å². The number of hydrogen-bond acceptors (Lipinski definition) is 14. The molecule has 0 unspecified atom stereocenters. The Morgan fingerprint density at radius 3 is 0.607 bits per heavy atom. The number of aliphatic imine (C=N–C) groups is 4. The summed E-state index contributed by atoms with van der Waals surface area (Å²) in [5, 5.41) is 60.9. The normalized spacial score (nSPS) is 10.8. The van der Waals surface area contributed by atoms with Crippen molar-refractivity contribution in [1.82, 2.24) is 0 Å². The minimum Gasteiger partial charge on any atom is -2.00 e. The van der Waals surface area contributed by atoms with E-state index in [4.69, 9.17) is 39.6 Å². The molecule has 4 radical (unpaired) electrons. The van der Waals surface area contributed by atoms with Crippen LogP contribution < -0.4 is 30.6 Å². The van der Waals surface area contributed by atoms with Crippen LogP contribution >= 0.6 is 0 Å². The Hall–Kier alpha value is -7.32. The van der Waals surface area contributed by atoms with Gasteiger partial charge in [-0.3, -0.25) is 20.0 Å². The SMILES string of the molecule is CC(=O)[O-].CC(=O)[O-].CC(=O)[O-].CC(=O)[O-].Cc1cc(C=NCc2ccc(C(F)(F)F)cc2)c([O-])c(C=NCc2ccc(C(F)(F)F)cc2)c1.Cc1cc(C=NCc2ccc(C(F)(F)F)cc2)c([O-])c(C=NCc2ccc(C(F)(F)F)cc2)c1.[Cu+2].[Cu+2].[Cu+2].[Cu+2].[O-2]. The molecular formula is C58H50Cu4F12N4O11. The van der Waals surface area contributed by atoms with Gasteiger partial charge in [0.1, 0.15) is 0 Å².